The van der Waals surface area contributed by atoms with Crippen LogP contribution in [0.15, 0.2) is 83.9 Å². The Morgan fingerprint density at radius 3 is 2.42 bits per heavy atom. The highest BCUT2D eigenvalue weighted by molar-refractivity contribution is 7.93. The second-order valence-corrected chi connectivity index (χ2v) is 11.3. The molecule has 1 unspecified atom stereocenters. The molecule has 3 aromatic carbocycles. The lowest BCUT2D eigenvalue weighted by atomic mass is 9.81. The predicted octanol–water partition coefficient (Wildman–Crippen LogP) is 4.67. The lowest BCUT2D eigenvalue weighted by Gasteiger charge is -2.39. The van der Waals surface area contributed by atoms with Gasteiger partial charge in [0.25, 0.3) is 15.9 Å². The molecule has 4 aromatic rings. The van der Waals surface area contributed by atoms with Crippen LogP contribution in [0.25, 0.3) is 0 Å². The number of carbonyl (C=O) groups is 2. The number of carbonyl (C=O) groups excluding carboxylic acids is 1. The summed E-state index contributed by atoms with van der Waals surface area (Å²) in [4.78, 5) is 32.8. The van der Waals surface area contributed by atoms with Crippen LogP contribution in [0, 0.1) is 17.1 Å². The first-order valence-electron chi connectivity index (χ1n) is 13.3. The molecule has 0 saturated heterocycles. The van der Waals surface area contributed by atoms with Gasteiger partial charge in [-0.05, 0) is 49.4 Å². The first-order valence-corrected chi connectivity index (χ1v) is 14.7. The average molecular weight is 633 g/mol. The van der Waals surface area contributed by atoms with E-state index in [0.29, 0.717) is 15.3 Å². The summed E-state index contributed by atoms with van der Waals surface area (Å²) >= 11 is 0. The number of fused-ring (bicyclic) bond motifs is 1. The summed E-state index contributed by atoms with van der Waals surface area (Å²) < 4.78 is 60.9. The normalized spacial score (nSPS) is 15.6. The van der Waals surface area contributed by atoms with Crippen molar-refractivity contribution in [2.45, 2.75) is 17.4 Å². The van der Waals surface area contributed by atoms with Crippen LogP contribution in [0.2, 0.25) is 0 Å². The Hall–Kier alpha value is -5.68. The number of aromatic nitrogens is 1. The molecule has 0 saturated carbocycles. The molecule has 2 amide bonds. The Bertz CT molecular complexity index is 1970. The van der Waals surface area contributed by atoms with E-state index in [9.17, 15) is 23.6 Å². The van der Waals surface area contributed by atoms with Crippen molar-refractivity contribution in [3.05, 3.63) is 102 Å². The van der Waals surface area contributed by atoms with Crippen LogP contribution >= 0.6 is 0 Å². The number of amides is 2. The number of benzene rings is 3. The number of carboxylic acid groups (broad SMARTS) is 1. The second-order valence-electron chi connectivity index (χ2n) is 9.51. The zero-order valence-electron chi connectivity index (χ0n) is 24.1. The number of nitrogens with zero attached hydrogens (tertiary/aromatic N) is 4. The molecule has 12 nitrogen and oxygen atoms in total. The Kier molecular flexibility index (Phi) is 8.05. The van der Waals surface area contributed by atoms with E-state index in [1.165, 1.54) is 68.9 Å². The van der Waals surface area contributed by atoms with Gasteiger partial charge in [-0.1, -0.05) is 18.2 Å². The zero-order chi connectivity index (χ0) is 32.5. The van der Waals surface area contributed by atoms with Crippen molar-refractivity contribution in [1.82, 2.24) is 4.98 Å². The third kappa shape index (κ3) is 4.74. The second kappa shape index (κ2) is 11.8. The topological polar surface area (TPSA) is 159 Å². The molecular weight excluding hydrogens is 607 g/mol. The molecule has 1 aliphatic rings. The molecule has 0 spiro atoms. The summed E-state index contributed by atoms with van der Waals surface area (Å²) in [5.74, 6) is -2.61. The van der Waals surface area contributed by atoms with Crippen LogP contribution in [0.5, 0.6) is 17.4 Å². The maximum Gasteiger partial charge on any atom is 0.413 e. The van der Waals surface area contributed by atoms with Crippen molar-refractivity contribution < 1.29 is 41.7 Å². The molecule has 45 heavy (non-hydrogen) atoms. The number of pyridine rings is 1. The zero-order valence-corrected chi connectivity index (χ0v) is 24.9. The number of ether oxygens (including phenoxy) is 3. The summed E-state index contributed by atoms with van der Waals surface area (Å²) in [5, 5.41) is 20.6. The van der Waals surface area contributed by atoms with Crippen molar-refractivity contribution in [1.29, 1.82) is 5.26 Å². The number of nitriles is 1. The number of hydrogen-bond donors (Lipinski definition) is 1. The number of rotatable bonds is 9. The van der Waals surface area contributed by atoms with Gasteiger partial charge in [0, 0.05) is 29.6 Å². The first-order chi connectivity index (χ1) is 21.6. The smallest absolute Gasteiger partial charge is 0.413 e. The average Bonchev–Trinajstić information content (AvgIpc) is 3.28. The van der Waals surface area contributed by atoms with Gasteiger partial charge in [-0.15, -0.1) is 0 Å². The fourth-order valence-electron chi connectivity index (χ4n) is 5.34. The maximum absolute atomic E-state index is 15.4. The molecule has 230 valence electrons. The molecule has 1 N–H and O–H groups in total. The molecule has 1 atom stereocenters. The van der Waals surface area contributed by atoms with Gasteiger partial charge in [0.05, 0.1) is 37.6 Å². The molecule has 5 rings (SSSR count). The van der Waals surface area contributed by atoms with E-state index in [4.69, 9.17) is 14.2 Å². The van der Waals surface area contributed by atoms with Crippen LogP contribution in [0.1, 0.15) is 23.6 Å². The summed E-state index contributed by atoms with van der Waals surface area (Å²) in [6.07, 6.45) is -0.325. The van der Waals surface area contributed by atoms with Crippen molar-refractivity contribution in [2.24, 2.45) is 0 Å². The van der Waals surface area contributed by atoms with Crippen molar-refractivity contribution in [3.63, 3.8) is 0 Å². The van der Waals surface area contributed by atoms with Gasteiger partial charge in [0.15, 0.2) is 5.54 Å². The number of hydrogen-bond acceptors (Lipinski definition) is 9. The fourth-order valence-corrected chi connectivity index (χ4v) is 6.94. The third-order valence-electron chi connectivity index (χ3n) is 7.18. The van der Waals surface area contributed by atoms with E-state index < -0.39 is 49.5 Å². The SMILES string of the molecule is CCOc1ncccc1C1(N(C(=O)O)c2ccccc2)C(=O)N(S(=O)(=O)c2ccc(OC)cc2OC)c2cc(F)c(C#N)cc21. The van der Waals surface area contributed by atoms with E-state index in [-0.39, 0.29) is 40.8 Å². The highest BCUT2D eigenvalue weighted by Gasteiger charge is 2.63. The minimum absolute atomic E-state index is 0.0392. The molecule has 0 aliphatic carbocycles. The summed E-state index contributed by atoms with van der Waals surface area (Å²) in [6.45, 7) is 1.68. The number of halogens is 1. The van der Waals surface area contributed by atoms with E-state index in [0.717, 1.165) is 12.1 Å². The maximum atomic E-state index is 15.4. The van der Waals surface area contributed by atoms with Gasteiger partial charge in [-0.3, -0.25) is 9.69 Å². The van der Waals surface area contributed by atoms with Gasteiger partial charge >= 0.3 is 6.09 Å². The number of sulfonamides is 1. The lowest BCUT2D eigenvalue weighted by molar-refractivity contribution is -0.120. The lowest BCUT2D eigenvalue weighted by Crippen LogP contribution is -2.57. The molecule has 0 fully saturated rings. The van der Waals surface area contributed by atoms with Crippen LogP contribution in [0.3, 0.4) is 0 Å². The molecule has 1 aliphatic heterocycles. The van der Waals surface area contributed by atoms with Crippen LogP contribution in [0.4, 0.5) is 20.6 Å². The van der Waals surface area contributed by atoms with E-state index in [1.54, 1.807) is 19.1 Å². The molecule has 2 heterocycles. The van der Waals surface area contributed by atoms with E-state index in [1.807, 2.05) is 0 Å². The highest BCUT2D eigenvalue weighted by atomic mass is 32.2. The summed E-state index contributed by atoms with van der Waals surface area (Å²) in [6, 6.07) is 17.3. The summed E-state index contributed by atoms with van der Waals surface area (Å²) in [7, 11) is -2.41. The molecule has 14 heteroatoms. The fraction of sp³-hybridized carbons (Fsp3) is 0.161. The van der Waals surface area contributed by atoms with E-state index >= 15 is 9.18 Å². The molecule has 0 bridgehead atoms. The number of anilines is 2. The van der Waals surface area contributed by atoms with Gasteiger partial charge in [0.2, 0.25) is 5.88 Å². The van der Waals surface area contributed by atoms with E-state index in [2.05, 4.69) is 4.98 Å². The Morgan fingerprint density at radius 1 is 1.07 bits per heavy atom. The number of para-hydroxylation sites is 1. The molecule has 1 aromatic heterocycles. The Balaban J connectivity index is 1.96. The highest BCUT2D eigenvalue weighted by Crippen LogP contribution is 2.54. The van der Waals surface area contributed by atoms with Crippen molar-refractivity contribution in [3.8, 4) is 23.4 Å². The summed E-state index contributed by atoms with van der Waals surface area (Å²) in [5.41, 5.74) is -4.20. The molecule has 0 radical (unpaired) electrons. The van der Waals surface area contributed by atoms with Crippen LogP contribution in [-0.2, 0) is 20.4 Å². The van der Waals surface area contributed by atoms with Crippen molar-refractivity contribution in [2.75, 3.05) is 30.0 Å². The first kappa shape index (κ1) is 30.8. The number of methoxy groups -OCH3 is 2. The minimum Gasteiger partial charge on any atom is -0.497 e. The van der Waals surface area contributed by atoms with Gasteiger partial charge < -0.3 is 19.3 Å². The van der Waals surface area contributed by atoms with Gasteiger partial charge in [-0.2, -0.15) is 9.57 Å². The largest absolute Gasteiger partial charge is 0.497 e. The standard InChI is InChI=1S/C31H25FN4O8S/c1-4-44-28-22(11-8-14-34-28)31(35(30(38)39)20-9-6-5-7-10-20)23-15-19(18-33)24(32)17-25(23)36(29(31)37)45(40,41)27-13-12-21(42-2)16-26(27)43-3/h5-17H,4H2,1-3H3,(H,38,39). The van der Waals surface area contributed by atoms with Crippen LogP contribution in [-0.4, -0.2) is 51.3 Å². The monoisotopic (exact) mass is 632 g/mol. The Morgan fingerprint density at radius 2 is 1.80 bits per heavy atom. The van der Waals surface area contributed by atoms with Gasteiger partial charge in [-0.25, -0.2) is 22.6 Å². The molecular formula is C31H25FN4O8S. The van der Waals surface area contributed by atoms with Crippen molar-refractivity contribution >= 4 is 33.4 Å². The third-order valence-corrected chi connectivity index (χ3v) is 8.92. The predicted molar refractivity (Wildman–Crippen MR) is 158 cm³/mol. The van der Waals surface area contributed by atoms with Gasteiger partial charge in [0.1, 0.15) is 28.3 Å². The van der Waals surface area contributed by atoms with Crippen LogP contribution < -0.4 is 23.4 Å². The minimum atomic E-state index is -4.98. The quantitative estimate of drug-likeness (QED) is 0.275. The Labute approximate surface area is 257 Å².